The zero-order valence-corrected chi connectivity index (χ0v) is 17.6. The lowest BCUT2D eigenvalue weighted by Gasteiger charge is -2.27. The zero-order chi connectivity index (χ0) is 22.3. The molecule has 7 heteroatoms. The standard InChI is InChI=1S/C25H26N2O5/c26-25(29)20-12-18(10-11-22(20)30-15-17-6-2-1-3-7-17)21(28)14-27-13-19-16-31-23-8-4-5-9-24(23)32-19/h1-12,19,21,27-28H,13-16H2,(H2,26,29). The van der Waals surface area contributed by atoms with Crippen LogP contribution in [-0.4, -0.2) is 36.8 Å². The van der Waals surface area contributed by atoms with Gasteiger partial charge in [-0.15, -0.1) is 0 Å². The lowest BCUT2D eigenvalue weighted by atomic mass is 10.0. The molecule has 2 atom stereocenters. The Bertz CT molecular complexity index is 1060. The fourth-order valence-corrected chi connectivity index (χ4v) is 3.47. The van der Waals surface area contributed by atoms with Crippen LogP contribution in [0.25, 0.3) is 0 Å². The van der Waals surface area contributed by atoms with Gasteiger partial charge in [0.2, 0.25) is 0 Å². The van der Waals surface area contributed by atoms with Gasteiger partial charge in [0.25, 0.3) is 5.91 Å². The molecule has 7 nitrogen and oxygen atoms in total. The predicted octanol–water partition coefficient (Wildman–Crippen LogP) is 2.83. The molecule has 0 aliphatic carbocycles. The molecule has 0 bridgehead atoms. The minimum absolute atomic E-state index is 0.160. The molecule has 0 spiro atoms. The average Bonchev–Trinajstić information content (AvgIpc) is 2.83. The van der Waals surface area contributed by atoms with E-state index in [0.29, 0.717) is 36.8 Å². The number of ether oxygens (including phenoxy) is 3. The van der Waals surface area contributed by atoms with Crippen LogP contribution in [0.3, 0.4) is 0 Å². The molecule has 0 fully saturated rings. The molecule has 1 aliphatic heterocycles. The number of fused-ring (bicyclic) bond motifs is 1. The molecule has 0 saturated heterocycles. The van der Waals surface area contributed by atoms with Gasteiger partial charge in [0.05, 0.1) is 11.7 Å². The van der Waals surface area contributed by atoms with E-state index in [9.17, 15) is 9.90 Å². The summed E-state index contributed by atoms with van der Waals surface area (Å²) in [4.78, 5) is 11.9. The molecule has 0 radical (unpaired) electrons. The number of benzene rings is 3. The van der Waals surface area contributed by atoms with Gasteiger partial charge in [-0.2, -0.15) is 0 Å². The quantitative estimate of drug-likeness (QED) is 0.479. The highest BCUT2D eigenvalue weighted by atomic mass is 16.6. The van der Waals surface area contributed by atoms with Crippen LogP contribution in [0, 0.1) is 0 Å². The molecule has 166 valence electrons. The molecule has 1 heterocycles. The summed E-state index contributed by atoms with van der Waals surface area (Å²) in [6, 6.07) is 22.1. The Morgan fingerprint density at radius 2 is 1.84 bits per heavy atom. The van der Waals surface area contributed by atoms with Crippen LogP contribution in [0.1, 0.15) is 27.6 Å². The Morgan fingerprint density at radius 3 is 2.62 bits per heavy atom. The van der Waals surface area contributed by atoms with Crippen LogP contribution in [-0.2, 0) is 6.61 Å². The molecule has 1 aliphatic rings. The lowest BCUT2D eigenvalue weighted by molar-refractivity contribution is 0.0858. The number of nitrogens with one attached hydrogen (secondary N) is 1. The first kappa shape index (κ1) is 21.7. The van der Waals surface area contributed by atoms with Gasteiger partial charge in [-0.3, -0.25) is 4.79 Å². The normalized spacial score (nSPS) is 15.7. The number of amides is 1. The molecule has 4 rings (SSSR count). The molecule has 3 aromatic carbocycles. The van der Waals surface area contributed by atoms with Gasteiger partial charge in [-0.05, 0) is 35.4 Å². The highest BCUT2D eigenvalue weighted by Crippen LogP contribution is 2.30. The van der Waals surface area contributed by atoms with Crippen molar-refractivity contribution in [3.63, 3.8) is 0 Å². The number of carbonyl (C=O) groups excluding carboxylic acids is 1. The highest BCUT2D eigenvalue weighted by molar-refractivity contribution is 5.95. The summed E-state index contributed by atoms with van der Waals surface area (Å²) in [7, 11) is 0. The molecule has 0 aromatic heterocycles. The van der Waals surface area contributed by atoms with Gasteiger partial charge in [-0.25, -0.2) is 0 Å². The number of hydrogen-bond donors (Lipinski definition) is 3. The van der Waals surface area contributed by atoms with Crippen LogP contribution >= 0.6 is 0 Å². The second kappa shape index (κ2) is 10.2. The van der Waals surface area contributed by atoms with Crippen molar-refractivity contribution in [3.05, 3.63) is 89.5 Å². The molecular formula is C25H26N2O5. The smallest absolute Gasteiger partial charge is 0.252 e. The third kappa shape index (κ3) is 5.38. The maximum atomic E-state index is 11.9. The first-order chi connectivity index (χ1) is 15.6. The number of carbonyl (C=O) groups is 1. The Balaban J connectivity index is 1.32. The third-order valence-corrected chi connectivity index (χ3v) is 5.17. The van der Waals surface area contributed by atoms with E-state index >= 15 is 0 Å². The molecule has 3 aromatic rings. The van der Waals surface area contributed by atoms with Gasteiger partial charge >= 0.3 is 0 Å². The molecular weight excluding hydrogens is 408 g/mol. The number of para-hydroxylation sites is 2. The second-order valence-electron chi connectivity index (χ2n) is 7.57. The van der Waals surface area contributed by atoms with E-state index in [2.05, 4.69) is 5.32 Å². The number of nitrogens with two attached hydrogens (primary N) is 1. The second-order valence-corrected chi connectivity index (χ2v) is 7.57. The minimum atomic E-state index is -0.826. The predicted molar refractivity (Wildman–Crippen MR) is 120 cm³/mol. The van der Waals surface area contributed by atoms with Gasteiger partial charge in [0.15, 0.2) is 11.5 Å². The van der Waals surface area contributed by atoms with E-state index in [4.69, 9.17) is 19.9 Å². The molecule has 32 heavy (non-hydrogen) atoms. The van der Waals surface area contributed by atoms with Gasteiger partial charge in [-0.1, -0.05) is 48.5 Å². The molecule has 4 N–H and O–H groups in total. The van der Waals surface area contributed by atoms with E-state index in [1.807, 2.05) is 54.6 Å². The number of aliphatic hydroxyl groups is 1. The zero-order valence-electron chi connectivity index (χ0n) is 17.6. The van der Waals surface area contributed by atoms with Gasteiger partial charge in [0.1, 0.15) is 25.1 Å². The Morgan fingerprint density at radius 1 is 1.09 bits per heavy atom. The molecule has 1 amide bonds. The van der Waals surface area contributed by atoms with E-state index in [-0.39, 0.29) is 18.2 Å². The van der Waals surface area contributed by atoms with Crippen LogP contribution in [0.4, 0.5) is 0 Å². The van der Waals surface area contributed by atoms with Crippen molar-refractivity contribution >= 4 is 5.91 Å². The number of primary amides is 1. The Hall–Kier alpha value is -3.55. The average molecular weight is 434 g/mol. The maximum Gasteiger partial charge on any atom is 0.252 e. The van der Waals surface area contributed by atoms with Crippen LogP contribution in [0.2, 0.25) is 0 Å². The van der Waals surface area contributed by atoms with Crippen molar-refractivity contribution in [2.24, 2.45) is 5.73 Å². The van der Waals surface area contributed by atoms with E-state index in [1.165, 1.54) is 0 Å². The number of rotatable bonds is 9. The van der Waals surface area contributed by atoms with E-state index in [1.54, 1.807) is 18.2 Å². The summed E-state index contributed by atoms with van der Waals surface area (Å²) >= 11 is 0. The summed E-state index contributed by atoms with van der Waals surface area (Å²) in [5.74, 6) is 1.22. The maximum absolute atomic E-state index is 11.9. The van der Waals surface area contributed by atoms with Crippen molar-refractivity contribution in [1.29, 1.82) is 0 Å². The monoisotopic (exact) mass is 434 g/mol. The summed E-state index contributed by atoms with van der Waals surface area (Å²) in [6.07, 6.45) is -0.986. The largest absolute Gasteiger partial charge is 0.488 e. The summed E-state index contributed by atoms with van der Waals surface area (Å²) in [5, 5.41) is 13.8. The van der Waals surface area contributed by atoms with Crippen molar-refractivity contribution in [2.45, 2.75) is 18.8 Å². The first-order valence-electron chi connectivity index (χ1n) is 10.5. The summed E-state index contributed by atoms with van der Waals surface area (Å²) in [5.41, 5.74) is 7.33. The van der Waals surface area contributed by atoms with E-state index < -0.39 is 12.0 Å². The van der Waals surface area contributed by atoms with Crippen molar-refractivity contribution < 1.29 is 24.1 Å². The fraction of sp³-hybridized carbons (Fsp3) is 0.240. The summed E-state index contributed by atoms with van der Waals surface area (Å²) < 4.78 is 17.4. The minimum Gasteiger partial charge on any atom is -0.488 e. The topological polar surface area (TPSA) is 103 Å². The Labute approximate surface area is 186 Å². The first-order valence-corrected chi connectivity index (χ1v) is 10.5. The SMILES string of the molecule is NC(=O)c1cc(C(O)CNCC2COc3ccccc3O2)ccc1OCc1ccccc1. The van der Waals surface area contributed by atoms with Crippen LogP contribution in [0.5, 0.6) is 17.2 Å². The van der Waals surface area contributed by atoms with Gasteiger partial charge in [0, 0.05) is 13.1 Å². The number of aliphatic hydroxyl groups excluding tert-OH is 1. The molecule has 0 saturated carbocycles. The molecule has 2 unspecified atom stereocenters. The number of hydrogen-bond acceptors (Lipinski definition) is 6. The lowest BCUT2D eigenvalue weighted by Crippen LogP contribution is -2.39. The van der Waals surface area contributed by atoms with Crippen molar-refractivity contribution in [3.8, 4) is 17.2 Å². The third-order valence-electron chi connectivity index (χ3n) is 5.17. The van der Waals surface area contributed by atoms with Crippen molar-refractivity contribution in [2.75, 3.05) is 19.7 Å². The van der Waals surface area contributed by atoms with Crippen LogP contribution < -0.4 is 25.3 Å². The van der Waals surface area contributed by atoms with E-state index in [0.717, 1.165) is 11.3 Å². The fourth-order valence-electron chi connectivity index (χ4n) is 3.47. The highest BCUT2D eigenvalue weighted by Gasteiger charge is 2.21. The van der Waals surface area contributed by atoms with Crippen molar-refractivity contribution in [1.82, 2.24) is 5.32 Å². The summed E-state index contributed by atoms with van der Waals surface area (Å²) in [6.45, 7) is 1.53. The Kier molecular flexibility index (Phi) is 6.89. The van der Waals surface area contributed by atoms with Crippen LogP contribution in [0.15, 0.2) is 72.8 Å². The van der Waals surface area contributed by atoms with Gasteiger partial charge < -0.3 is 30.4 Å².